The lowest BCUT2D eigenvalue weighted by Crippen LogP contribution is -2.22. The van der Waals surface area contributed by atoms with Crippen LogP contribution >= 0.6 is 22.3 Å². The summed E-state index contributed by atoms with van der Waals surface area (Å²) in [4.78, 5) is 15.6. The Hall–Kier alpha value is -1.29. The van der Waals surface area contributed by atoms with Crippen LogP contribution in [0.3, 0.4) is 0 Å². The van der Waals surface area contributed by atoms with Crippen molar-refractivity contribution in [1.82, 2.24) is 4.90 Å². The van der Waals surface area contributed by atoms with Crippen LogP contribution in [0, 0.1) is 6.57 Å². The minimum absolute atomic E-state index is 0.00349. The van der Waals surface area contributed by atoms with Gasteiger partial charge >= 0.3 is 0 Å². The average molecular weight is 307 g/mol. The van der Waals surface area contributed by atoms with Gasteiger partial charge in [0.15, 0.2) is 0 Å². The van der Waals surface area contributed by atoms with Crippen LogP contribution in [0.5, 0.6) is 0 Å². The molecule has 0 atom stereocenters. The number of carbonyl (C=O) groups is 1. The summed E-state index contributed by atoms with van der Waals surface area (Å²) < 4.78 is 22.6. The first-order chi connectivity index (χ1) is 8.18. The topological polar surface area (TPSA) is 58.8 Å². The maximum atomic E-state index is 11.8. The molecule has 0 saturated heterocycles. The molecule has 0 aliphatic carbocycles. The summed E-state index contributed by atoms with van der Waals surface area (Å²) in [6.45, 7) is 6.87. The average Bonchev–Trinajstić information content (AvgIpc) is 2.25. The lowest BCUT2D eigenvalue weighted by atomic mass is 10.2. The van der Waals surface area contributed by atoms with Crippen LogP contribution in [0.4, 0.5) is 5.69 Å². The van der Waals surface area contributed by atoms with Crippen LogP contribution in [0.15, 0.2) is 17.0 Å². The molecular formula is C10H8Cl2N2O3S. The summed E-state index contributed by atoms with van der Waals surface area (Å²) in [6.07, 6.45) is 0. The highest BCUT2D eigenvalue weighted by atomic mass is 35.7. The third kappa shape index (κ3) is 2.93. The Morgan fingerprint density at radius 3 is 2.33 bits per heavy atom. The van der Waals surface area contributed by atoms with Gasteiger partial charge in [-0.3, -0.25) is 4.79 Å². The molecule has 0 aromatic heterocycles. The van der Waals surface area contributed by atoms with Gasteiger partial charge in [-0.15, -0.1) is 0 Å². The van der Waals surface area contributed by atoms with Gasteiger partial charge in [-0.05, 0) is 12.1 Å². The molecule has 0 aliphatic rings. The standard InChI is InChI=1S/C10H8Cl2N2O3S/c1-13-8-5-7(11)6(10(15)14(2)3)4-9(8)18(12,16)17/h4-5H,2-3H3. The number of benzene rings is 1. The van der Waals surface area contributed by atoms with E-state index in [1.54, 1.807) is 0 Å². The predicted octanol–water partition coefficient (Wildman–Crippen LogP) is 2.52. The van der Waals surface area contributed by atoms with Crippen molar-refractivity contribution in [2.45, 2.75) is 4.90 Å². The van der Waals surface area contributed by atoms with Gasteiger partial charge in [-0.25, -0.2) is 13.3 Å². The third-order valence-electron chi connectivity index (χ3n) is 2.07. The van der Waals surface area contributed by atoms with E-state index in [1.165, 1.54) is 19.0 Å². The summed E-state index contributed by atoms with van der Waals surface area (Å²) in [7, 11) is 4.09. The summed E-state index contributed by atoms with van der Waals surface area (Å²) in [6, 6.07) is 2.13. The van der Waals surface area contributed by atoms with Gasteiger partial charge < -0.3 is 4.90 Å². The number of nitrogens with zero attached hydrogens (tertiary/aromatic N) is 2. The summed E-state index contributed by atoms with van der Waals surface area (Å²) in [5.74, 6) is -0.474. The van der Waals surface area contributed by atoms with Crippen LogP contribution < -0.4 is 0 Å². The van der Waals surface area contributed by atoms with E-state index in [4.69, 9.17) is 28.9 Å². The molecule has 0 unspecified atom stereocenters. The largest absolute Gasteiger partial charge is 0.345 e. The second-order valence-electron chi connectivity index (χ2n) is 3.55. The molecule has 0 radical (unpaired) electrons. The summed E-state index contributed by atoms with van der Waals surface area (Å²) in [5.41, 5.74) is -0.237. The monoisotopic (exact) mass is 306 g/mol. The summed E-state index contributed by atoms with van der Waals surface area (Å²) in [5, 5.41) is 0.00349. The second-order valence-corrected chi connectivity index (χ2v) is 6.49. The van der Waals surface area contributed by atoms with Crippen molar-refractivity contribution >= 4 is 42.9 Å². The van der Waals surface area contributed by atoms with Gasteiger partial charge in [0.25, 0.3) is 15.0 Å². The van der Waals surface area contributed by atoms with E-state index >= 15 is 0 Å². The predicted molar refractivity (Wildman–Crippen MR) is 68.8 cm³/mol. The molecule has 8 heteroatoms. The molecule has 0 fully saturated rings. The van der Waals surface area contributed by atoms with E-state index in [9.17, 15) is 13.2 Å². The molecule has 1 aromatic rings. The smallest absolute Gasteiger partial charge is 0.254 e. The minimum atomic E-state index is -4.11. The normalized spacial score (nSPS) is 10.8. The van der Waals surface area contributed by atoms with Gasteiger partial charge in [-0.1, -0.05) is 11.6 Å². The van der Waals surface area contributed by atoms with Crippen molar-refractivity contribution < 1.29 is 13.2 Å². The van der Waals surface area contributed by atoms with E-state index in [2.05, 4.69) is 4.85 Å². The lowest BCUT2D eigenvalue weighted by Gasteiger charge is -2.13. The van der Waals surface area contributed by atoms with Crippen molar-refractivity contribution in [3.05, 3.63) is 34.1 Å². The van der Waals surface area contributed by atoms with Crippen molar-refractivity contribution in [3.63, 3.8) is 0 Å². The van der Waals surface area contributed by atoms with E-state index in [0.29, 0.717) is 0 Å². The quantitative estimate of drug-likeness (QED) is 0.623. The Kier molecular flexibility index (Phi) is 4.22. The number of rotatable bonds is 2. The second kappa shape index (κ2) is 5.14. The zero-order valence-corrected chi connectivity index (χ0v) is 11.8. The fraction of sp³-hybridized carbons (Fsp3) is 0.200. The zero-order chi connectivity index (χ0) is 14.1. The van der Waals surface area contributed by atoms with Crippen molar-refractivity contribution in [2.24, 2.45) is 0 Å². The van der Waals surface area contributed by atoms with Crippen LogP contribution in [0.25, 0.3) is 4.85 Å². The molecule has 1 aromatic carbocycles. The Bertz CT molecular complexity index is 648. The van der Waals surface area contributed by atoms with E-state index in [0.717, 1.165) is 12.1 Å². The van der Waals surface area contributed by atoms with Gasteiger partial charge in [0.05, 0.1) is 17.0 Å². The molecule has 0 bridgehead atoms. The molecule has 0 aliphatic heterocycles. The van der Waals surface area contributed by atoms with Crippen LogP contribution in [0.1, 0.15) is 10.4 Å². The SMILES string of the molecule is [C-]#[N+]c1cc(Cl)c(C(=O)N(C)C)cc1S(=O)(=O)Cl. The van der Waals surface area contributed by atoms with Gasteiger partial charge in [0.2, 0.25) is 5.69 Å². The Morgan fingerprint density at radius 2 is 1.94 bits per heavy atom. The number of hydrogen-bond acceptors (Lipinski definition) is 3. The number of hydrogen-bond donors (Lipinski definition) is 0. The maximum Gasteiger partial charge on any atom is 0.254 e. The first-order valence-electron chi connectivity index (χ1n) is 4.55. The molecule has 0 saturated carbocycles. The van der Waals surface area contributed by atoms with Crippen molar-refractivity contribution in [3.8, 4) is 0 Å². The highest BCUT2D eigenvalue weighted by molar-refractivity contribution is 8.13. The van der Waals surface area contributed by atoms with Crippen molar-refractivity contribution in [2.75, 3.05) is 14.1 Å². The van der Waals surface area contributed by atoms with Crippen molar-refractivity contribution in [1.29, 1.82) is 0 Å². The van der Waals surface area contributed by atoms with Gasteiger partial charge in [0.1, 0.15) is 0 Å². The number of amides is 1. The fourth-order valence-electron chi connectivity index (χ4n) is 1.23. The minimum Gasteiger partial charge on any atom is -0.345 e. The molecule has 5 nitrogen and oxygen atoms in total. The molecule has 0 N–H and O–H groups in total. The first kappa shape index (κ1) is 14.8. The highest BCUT2D eigenvalue weighted by Gasteiger charge is 2.22. The Balaban J connectivity index is 3.61. The lowest BCUT2D eigenvalue weighted by molar-refractivity contribution is 0.0827. The zero-order valence-electron chi connectivity index (χ0n) is 9.44. The van der Waals surface area contributed by atoms with Gasteiger partial charge in [0, 0.05) is 29.8 Å². The Labute approximate surface area is 114 Å². The van der Waals surface area contributed by atoms with Crippen LogP contribution in [0.2, 0.25) is 5.02 Å². The van der Waals surface area contributed by atoms with Gasteiger partial charge in [-0.2, -0.15) is 0 Å². The molecule has 0 spiro atoms. The highest BCUT2D eigenvalue weighted by Crippen LogP contribution is 2.33. The molecular weight excluding hydrogens is 299 g/mol. The molecule has 96 valence electrons. The first-order valence-corrected chi connectivity index (χ1v) is 7.24. The fourth-order valence-corrected chi connectivity index (χ4v) is 2.45. The van der Waals surface area contributed by atoms with E-state index < -0.39 is 19.9 Å². The summed E-state index contributed by atoms with van der Waals surface area (Å²) >= 11 is 5.84. The molecule has 18 heavy (non-hydrogen) atoms. The molecule has 0 heterocycles. The molecule has 1 rings (SSSR count). The molecule has 1 amide bonds. The Morgan fingerprint density at radius 1 is 1.39 bits per heavy atom. The van der Waals surface area contributed by atoms with E-state index in [1.807, 2.05) is 0 Å². The number of carbonyl (C=O) groups excluding carboxylic acids is 1. The number of halogens is 2. The van der Waals surface area contributed by atoms with E-state index in [-0.39, 0.29) is 16.3 Å². The van der Waals surface area contributed by atoms with Crippen LogP contribution in [-0.4, -0.2) is 33.3 Å². The third-order valence-corrected chi connectivity index (χ3v) is 3.73. The van der Waals surface area contributed by atoms with Crippen LogP contribution in [-0.2, 0) is 9.05 Å². The maximum absolute atomic E-state index is 11.8.